The van der Waals surface area contributed by atoms with Gasteiger partial charge in [0, 0.05) is 29.9 Å². The molecule has 0 bridgehead atoms. The monoisotopic (exact) mass is 438 g/mol. The van der Waals surface area contributed by atoms with E-state index in [4.69, 9.17) is 0 Å². The van der Waals surface area contributed by atoms with Crippen LogP contribution in [0.4, 0.5) is 19.0 Å². The molecule has 2 aromatic heterocycles. The summed E-state index contributed by atoms with van der Waals surface area (Å²) in [6, 6.07) is -0.514. The maximum absolute atomic E-state index is 13.7. The minimum Gasteiger partial charge on any atom is -0.367 e. The summed E-state index contributed by atoms with van der Waals surface area (Å²) in [6.07, 6.45) is -1.11. The number of alkyl halides is 3. The Kier molecular flexibility index (Phi) is 5.74. The molecule has 170 valence electrons. The van der Waals surface area contributed by atoms with Crippen molar-refractivity contribution in [1.29, 1.82) is 0 Å². The van der Waals surface area contributed by atoms with Crippen LogP contribution in [0.25, 0.3) is 0 Å². The number of carbonyl (C=O) groups is 1. The Morgan fingerprint density at radius 1 is 1.29 bits per heavy atom. The highest BCUT2D eigenvalue weighted by Gasteiger charge is 2.46. The number of fused-ring (bicyclic) bond motifs is 1. The summed E-state index contributed by atoms with van der Waals surface area (Å²) in [5.74, 6) is 0.338. The normalized spacial score (nSPS) is 24.1. The number of carbonyl (C=O) groups excluding carboxylic acids is 1. The maximum atomic E-state index is 13.7. The van der Waals surface area contributed by atoms with Gasteiger partial charge in [-0.3, -0.25) is 9.89 Å². The molecule has 0 radical (unpaired) electrons. The van der Waals surface area contributed by atoms with Crippen molar-refractivity contribution in [2.45, 2.75) is 83.6 Å². The molecule has 1 saturated heterocycles. The van der Waals surface area contributed by atoms with E-state index < -0.39 is 12.2 Å². The molecule has 2 aromatic rings. The van der Waals surface area contributed by atoms with E-state index in [1.54, 1.807) is 11.0 Å². The highest BCUT2D eigenvalue weighted by molar-refractivity contribution is 5.80. The molecule has 7 nitrogen and oxygen atoms in total. The highest BCUT2D eigenvalue weighted by atomic mass is 19.4. The Hall–Kier alpha value is -2.52. The maximum Gasteiger partial charge on any atom is 0.410 e. The molecule has 31 heavy (non-hydrogen) atoms. The van der Waals surface area contributed by atoms with Gasteiger partial charge >= 0.3 is 6.18 Å². The smallest absolute Gasteiger partial charge is 0.367 e. The van der Waals surface area contributed by atoms with Crippen molar-refractivity contribution in [3.8, 4) is 0 Å². The predicted molar refractivity (Wildman–Crippen MR) is 110 cm³/mol. The zero-order valence-electron chi connectivity index (χ0n) is 18.1. The van der Waals surface area contributed by atoms with Crippen LogP contribution in [-0.2, 0) is 11.2 Å². The van der Waals surface area contributed by atoms with E-state index in [1.165, 1.54) is 0 Å². The van der Waals surface area contributed by atoms with Crippen molar-refractivity contribution in [1.82, 2.24) is 24.9 Å². The molecule has 3 atom stereocenters. The molecule has 2 aliphatic rings. The third-order valence-electron chi connectivity index (χ3n) is 6.55. The number of hydrogen-bond acceptors (Lipinski definition) is 4. The highest BCUT2D eigenvalue weighted by Crippen LogP contribution is 2.42. The van der Waals surface area contributed by atoms with Gasteiger partial charge in [0.25, 0.3) is 0 Å². The van der Waals surface area contributed by atoms with Gasteiger partial charge in [-0.15, -0.1) is 0 Å². The second-order valence-electron chi connectivity index (χ2n) is 8.63. The first-order valence-electron chi connectivity index (χ1n) is 10.9. The third kappa shape index (κ3) is 4.16. The lowest BCUT2D eigenvalue weighted by Gasteiger charge is -2.35. The molecule has 1 amide bonds. The van der Waals surface area contributed by atoms with Crippen LogP contribution >= 0.6 is 0 Å². The van der Waals surface area contributed by atoms with E-state index in [1.807, 2.05) is 20.8 Å². The fraction of sp³-hybridized carbons (Fsp3) is 0.667. The fourth-order valence-electron chi connectivity index (χ4n) is 4.72. The molecule has 0 spiro atoms. The summed E-state index contributed by atoms with van der Waals surface area (Å²) in [5.41, 5.74) is 3.06. The standard InChI is InChI=1S/C21H29F3N6O/c1-4-14-9-18(21(22,23)24)30-19(25-14)11-16(28-30)17-7-5-6-8-29(17)20(31)10-15-12(2)26-27-13(15)3/h11,14,17-18,25H,4-10H2,1-3H3,(H,26,27)/t14-,17+,18-/m1/s1. The van der Waals surface area contributed by atoms with E-state index in [-0.39, 0.29) is 30.8 Å². The summed E-state index contributed by atoms with van der Waals surface area (Å²) in [6.45, 7) is 6.19. The molecular formula is C21H29F3N6O. The topological polar surface area (TPSA) is 78.8 Å². The lowest BCUT2D eigenvalue weighted by Crippen LogP contribution is -2.40. The Balaban J connectivity index is 1.62. The number of anilines is 1. The number of nitrogens with zero attached hydrogens (tertiary/aromatic N) is 4. The number of rotatable bonds is 4. The summed E-state index contributed by atoms with van der Waals surface area (Å²) in [4.78, 5) is 15.0. The molecule has 0 unspecified atom stereocenters. The van der Waals surface area contributed by atoms with E-state index in [9.17, 15) is 18.0 Å². The molecule has 4 heterocycles. The van der Waals surface area contributed by atoms with E-state index in [0.717, 1.165) is 34.5 Å². The van der Waals surface area contributed by atoms with Gasteiger partial charge in [0.05, 0.1) is 23.9 Å². The van der Waals surface area contributed by atoms with Crippen LogP contribution in [-0.4, -0.2) is 49.5 Å². The zero-order valence-corrected chi connectivity index (χ0v) is 18.1. The summed E-state index contributed by atoms with van der Waals surface area (Å²) in [7, 11) is 0. The van der Waals surface area contributed by atoms with Gasteiger partial charge in [0.15, 0.2) is 6.04 Å². The SMILES string of the molecule is CC[C@@H]1C[C@H](C(F)(F)F)n2nc([C@@H]3CCCCN3C(=O)Cc3c(C)n[nH]c3C)cc2N1. The lowest BCUT2D eigenvalue weighted by molar-refractivity contribution is -0.173. The van der Waals surface area contributed by atoms with Gasteiger partial charge in [-0.2, -0.15) is 23.4 Å². The minimum absolute atomic E-state index is 0.0412. The Bertz CT molecular complexity index is 930. The molecule has 1 fully saturated rings. The number of H-pyrrole nitrogens is 1. The number of halogens is 3. The van der Waals surface area contributed by atoms with Crippen LogP contribution in [0.3, 0.4) is 0 Å². The van der Waals surface area contributed by atoms with Gasteiger partial charge in [-0.1, -0.05) is 6.92 Å². The molecule has 2 N–H and O–H groups in total. The first-order valence-corrected chi connectivity index (χ1v) is 10.9. The van der Waals surface area contributed by atoms with Crippen LogP contribution in [0, 0.1) is 13.8 Å². The lowest BCUT2D eigenvalue weighted by atomic mass is 9.97. The second kappa shape index (κ2) is 8.20. The number of aromatic amines is 1. The van der Waals surface area contributed by atoms with Gasteiger partial charge in [-0.05, 0) is 46.0 Å². The number of nitrogens with one attached hydrogen (secondary N) is 2. The Morgan fingerprint density at radius 3 is 2.71 bits per heavy atom. The van der Waals surface area contributed by atoms with Crippen molar-refractivity contribution in [2.75, 3.05) is 11.9 Å². The number of amides is 1. The number of aromatic nitrogens is 4. The van der Waals surface area contributed by atoms with Crippen molar-refractivity contribution in [2.24, 2.45) is 0 Å². The van der Waals surface area contributed by atoms with Crippen molar-refractivity contribution in [3.05, 3.63) is 28.7 Å². The molecule has 2 aliphatic heterocycles. The van der Waals surface area contributed by atoms with Gasteiger partial charge in [0.1, 0.15) is 5.82 Å². The predicted octanol–water partition coefficient (Wildman–Crippen LogP) is 4.22. The van der Waals surface area contributed by atoms with Gasteiger partial charge in [-0.25, -0.2) is 4.68 Å². The van der Waals surface area contributed by atoms with Crippen molar-refractivity contribution >= 4 is 11.7 Å². The van der Waals surface area contributed by atoms with E-state index >= 15 is 0 Å². The Morgan fingerprint density at radius 2 is 2.06 bits per heavy atom. The summed E-state index contributed by atoms with van der Waals surface area (Å²) < 4.78 is 42.2. The average molecular weight is 438 g/mol. The van der Waals surface area contributed by atoms with Crippen LogP contribution < -0.4 is 5.32 Å². The van der Waals surface area contributed by atoms with Crippen LogP contribution in [0.1, 0.15) is 73.8 Å². The van der Waals surface area contributed by atoms with E-state index in [2.05, 4.69) is 20.6 Å². The number of piperidine rings is 1. The quantitative estimate of drug-likeness (QED) is 0.749. The molecule has 0 aromatic carbocycles. The third-order valence-corrected chi connectivity index (χ3v) is 6.55. The number of aryl methyl sites for hydroxylation is 2. The number of likely N-dealkylation sites (tertiary alicyclic amines) is 1. The average Bonchev–Trinajstić information content (AvgIpc) is 3.30. The first-order chi connectivity index (χ1) is 14.7. The molecule has 0 aliphatic carbocycles. The molecule has 0 saturated carbocycles. The van der Waals surface area contributed by atoms with Crippen LogP contribution in [0.5, 0.6) is 0 Å². The van der Waals surface area contributed by atoms with Crippen molar-refractivity contribution < 1.29 is 18.0 Å². The van der Waals surface area contributed by atoms with Crippen molar-refractivity contribution in [3.63, 3.8) is 0 Å². The number of hydrogen-bond donors (Lipinski definition) is 2. The first kappa shape index (κ1) is 21.7. The van der Waals surface area contributed by atoms with Gasteiger partial charge < -0.3 is 10.2 Å². The van der Waals surface area contributed by atoms with E-state index in [0.29, 0.717) is 30.9 Å². The molecule has 4 rings (SSSR count). The Labute approximate surface area is 179 Å². The minimum atomic E-state index is -4.37. The van der Waals surface area contributed by atoms with Crippen LogP contribution in [0.2, 0.25) is 0 Å². The molecular weight excluding hydrogens is 409 g/mol. The summed E-state index contributed by atoms with van der Waals surface area (Å²) in [5, 5.41) is 14.6. The van der Waals surface area contributed by atoms with Crippen LogP contribution in [0.15, 0.2) is 6.07 Å². The zero-order chi connectivity index (χ0) is 22.3. The molecule has 10 heteroatoms. The second-order valence-corrected chi connectivity index (χ2v) is 8.63. The largest absolute Gasteiger partial charge is 0.410 e. The summed E-state index contributed by atoms with van der Waals surface area (Å²) >= 11 is 0. The fourth-order valence-corrected chi connectivity index (χ4v) is 4.72. The van der Waals surface area contributed by atoms with Gasteiger partial charge in [0.2, 0.25) is 5.91 Å².